The maximum Gasteiger partial charge on any atom is 0.329 e. The van der Waals surface area contributed by atoms with Gasteiger partial charge in [0.25, 0.3) is 0 Å². The van der Waals surface area contributed by atoms with Crippen LogP contribution in [0.4, 0.5) is 0 Å². The van der Waals surface area contributed by atoms with Gasteiger partial charge in [0, 0.05) is 12.5 Å². The van der Waals surface area contributed by atoms with Gasteiger partial charge in [-0.1, -0.05) is 42.5 Å². The molecule has 2 N–H and O–H groups in total. The molecule has 0 saturated carbocycles. The van der Waals surface area contributed by atoms with E-state index in [1.165, 1.54) is 6.92 Å². The summed E-state index contributed by atoms with van der Waals surface area (Å²) >= 11 is 0. The molecule has 2 aromatic rings. The maximum atomic E-state index is 12.1. The molecule has 9 nitrogen and oxygen atoms in total. The molecule has 34 heavy (non-hydrogen) atoms. The number of aliphatic carboxylic acids is 1. The fourth-order valence-electron chi connectivity index (χ4n) is 4.16. The van der Waals surface area contributed by atoms with Crippen molar-refractivity contribution in [2.75, 3.05) is 13.2 Å². The first-order chi connectivity index (χ1) is 16.3. The molecule has 4 rings (SSSR count). The zero-order chi connectivity index (χ0) is 24.2. The topological polar surface area (TPSA) is 113 Å². The summed E-state index contributed by atoms with van der Waals surface area (Å²) in [6, 6.07) is 14.3. The lowest BCUT2D eigenvalue weighted by Crippen LogP contribution is -2.68. The molecule has 1 amide bonds. The summed E-state index contributed by atoms with van der Waals surface area (Å²) < 4.78 is 30.3. The van der Waals surface area contributed by atoms with Crippen LogP contribution in [0.25, 0.3) is 0 Å². The molecule has 0 aromatic heterocycles. The lowest BCUT2D eigenvalue weighted by molar-refractivity contribution is -0.337. The average Bonchev–Trinajstić information content (AvgIpc) is 2.81. The van der Waals surface area contributed by atoms with E-state index in [9.17, 15) is 14.7 Å². The van der Waals surface area contributed by atoms with Gasteiger partial charge in [0.15, 0.2) is 6.29 Å². The summed E-state index contributed by atoms with van der Waals surface area (Å²) in [4.78, 5) is 23.4. The van der Waals surface area contributed by atoms with Crippen molar-refractivity contribution < 1.29 is 38.4 Å². The molecule has 0 aliphatic carbocycles. The van der Waals surface area contributed by atoms with Crippen LogP contribution in [0.15, 0.2) is 48.5 Å². The van der Waals surface area contributed by atoms with Gasteiger partial charge < -0.3 is 34.1 Å². The van der Waals surface area contributed by atoms with Gasteiger partial charge >= 0.3 is 5.97 Å². The summed E-state index contributed by atoms with van der Waals surface area (Å²) in [7, 11) is 0. The van der Waals surface area contributed by atoms with Gasteiger partial charge in [0.1, 0.15) is 36.7 Å². The molecule has 9 heteroatoms. The molecule has 182 valence electrons. The summed E-state index contributed by atoms with van der Waals surface area (Å²) in [5.74, 6) is -0.879. The maximum absolute atomic E-state index is 12.1. The number of carboxylic acids is 1. The van der Waals surface area contributed by atoms with Crippen molar-refractivity contribution in [2.45, 2.75) is 57.7 Å². The highest BCUT2D eigenvalue weighted by atomic mass is 16.8. The SMILES string of the molecule is CC(=O)NC1C(Oc2cc(C)ccc2C)OC2COC(c3ccccc3)OC2C1OCC(=O)O. The molecule has 2 heterocycles. The summed E-state index contributed by atoms with van der Waals surface area (Å²) in [6.07, 6.45) is -3.79. The Morgan fingerprint density at radius 1 is 1.12 bits per heavy atom. The van der Waals surface area contributed by atoms with Crippen molar-refractivity contribution >= 4 is 11.9 Å². The molecular weight excluding hydrogens is 442 g/mol. The van der Waals surface area contributed by atoms with E-state index in [0.29, 0.717) is 5.75 Å². The van der Waals surface area contributed by atoms with Crippen LogP contribution in [0.1, 0.15) is 29.9 Å². The van der Waals surface area contributed by atoms with E-state index >= 15 is 0 Å². The van der Waals surface area contributed by atoms with E-state index in [1.54, 1.807) is 0 Å². The molecule has 6 atom stereocenters. The number of nitrogens with one attached hydrogen (secondary N) is 1. The number of carboxylic acid groups (broad SMARTS) is 1. The van der Waals surface area contributed by atoms with Gasteiger partial charge in [-0.2, -0.15) is 0 Å². The number of amides is 1. The Bertz CT molecular complexity index is 1010. The van der Waals surface area contributed by atoms with E-state index in [1.807, 2.05) is 62.4 Å². The minimum absolute atomic E-state index is 0.177. The number of hydrogen-bond acceptors (Lipinski definition) is 7. The monoisotopic (exact) mass is 471 g/mol. The standard InChI is InChI=1S/C25H29NO8/c1-14-9-10-15(2)18(11-14)32-25-21(26-16(3)27)23(30-13-20(28)29)22-19(33-25)12-31-24(34-22)17-7-5-4-6-8-17/h4-11,19,21-25H,12-13H2,1-3H3,(H,26,27)(H,28,29). The number of aryl methyl sites for hydroxylation is 2. The third-order valence-corrected chi connectivity index (χ3v) is 5.77. The third kappa shape index (κ3) is 5.56. The van der Waals surface area contributed by atoms with Crippen LogP contribution in [-0.4, -0.2) is 60.8 Å². The molecule has 2 aliphatic heterocycles. The molecule has 0 bridgehead atoms. The number of hydrogen-bond donors (Lipinski definition) is 2. The number of ether oxygens (including phenoxy) is 5. The van der Waals surface area contributed by atoms with E-state index in [0.717, 1.165) is 16.7 Å². The zero-order valence-electron chi connectivity index (χ0n) is 19.3. The van der Waals surface area contributed by atoms with Gasteiger partial charge in [-0.3, -0.25) is 4.79 Å². The number of fused-ring (bicyclic) bond motifs is 1. The van der Waals surface area contributed by atoms with Gasteiger partial charge in [0.05, 0.1) is 6.61 Å². The summed E-state index contributed by atoms with van der Waals surface area (Å²) in [5, 5.41) is 12.1. The van der Waals surface area contributed by atoms with E-state index in [2.05, 4.69) is 5.32 Å². The Labute approximate surface area is 197 Å². The third-order valence-electron chi connectivity index (χ3n) is 5.77. The Balaban J connectivity index is 1.64. The fraction of sp³-hybridized carbons (Fsp3) is 0.440. The largest absolute Gasteiger partial charge is 0.480 e. The van der Waals surface area contributed by atoms with Crippen LogP contribution in [0.5, 0.6) is 5.75 Å². The van der Waals surface area contributed by atoms with E-state index < -0.39 is 49.5 Å². The van der Waals surface area contributed by atoms with Crippen LogP contribution in [-0.2, 0) is 28.5 Å². The number of benzene rings is 2. The Kier molecular flexibility index (Phi) is 7.47. The van der Waals surface area contributed by atoms with Crippen molar-refractivity contribution in [2.24, 2.45) is 0 Å². The number of rotatable bonds is 7. The molecule has 2 saturated heterocycles. The van der Waals surface area contributed by atoms with Crippen molar-refractivity contribution in [1.29, 1.82) is 0 Å². The predicted molar refractivity (Wildman–Crippen MR) is 120 cm³/mol. The van der Waals surface area contributed by atoms with Gasteiger partial charge in [-0.15, -0.1) is 0 Å². The quantitative estimate of drug-likeness (QED) is 0.634. The highest BCUT2D eigenvalue weighted by Gasteiger charge is 2.52. The number of carbonyl (C=O) groups is 2. The Morgan fingerprint density at radius 2 is 1.88 bits per heavy atom. The Morgan fingerprint density at radius 3 is 2.59 bits per heavy atom. The first-order valence-electron chi connectivity index (χ1n) is 11.1. The average molecular weight is 472 g/mol. The minimum atomic E-state index is -1.14. The molecule has 2 fully saturated rings. The smallest absolute Gasteiger partial charge is 0.329 e. The lowest BCUT2D eigenvalue weighted by Gasteiger charge is -2.49. The minimum Gasteiger partial charge on any atom is -0.480 e. The highest BCUT2D eigenvalue weighted by molar-refractivity contribution is 5.73. The second-order valence-corrected chi connectivity index (χ2v) is 8.50. The predicted octanol–water partition coefficient (Wildman–Crippen LogP) is 2.50. The second-order valence-electron chi connectivity index (χ2n) is 8.50. The van der Waals surface area contributed by atoms with Crippen LogP contribution in [0, 0.1) is 13.8 Å². The summed E-state index contributed by atoms with van der Waals surface area (Å²) in [6.45, 7) is 4.83. The zero-order valence-corrected chi connectivity index (χ0v) is 19.3. The molecule has 2 aromatic carbocycles. The van der Waals surface area contributed by atoms with Crippen LogP contribution in [0.3, 0.4) is 0 Å². The van der Waals surface area contributed by atoms with Gasteiger partial charge in [-0.05, 0) is 31.0 Å². The van der Waals surface area contributed by atoms with E-state index in [4.69, 9.17) is 23.7 Å². The lowest BCUT2D eigenvalue weighted by atomic mass is 9.95. The van der Waals surface area contributed by atoms with Crippen molar-refractivity contribution in [3.63, 3.8) is 0 Å². The summed E-state index contributed by atoms with van der Waals surface area (Å²) in [5.41, 5.74) is 2.70. The van der Waals surface area contributed by atoms with Crippen LogP contribution < -0.4 is 10.1 Å². The first kappa shape index (κ1) is 24.2. The van der Waals surface area contributed by atoms with Gasteiger partial charge in [0.2, 0.25) is 12.2 Å². The van der Waals surface area contributed by atoms with E-state index in [-0.39, 0.29) is 12.5 Å². The van der Waals surface area contributed by atoms with Crippen molar-refractivity contribution in [1.82, 2.24) is 5.32 Å². The second kappa shape index (κ2) is 10.5. The first-order valence-corrected chi connectivity index (χ1v) is 11.1. The molecular formula is C25H29NO8. The molecule has 6 unspecified atom stereocenters. The molecule has 0 radical (unpaired) electrons. The fourth-order valence-corrected chi connectivity index (χ4v) is 4.16. The molecule has 2 aliphatic rings. The number of carbonyl (C=O) groups excluding carboxylic acids is 1. The normalized spacial score (nSPS) is 28.6. The van der Waals surface area contributed by atoms with Crippen LogP contribution >= 0.6 is 0 Å². The van der Waals surface area contributed by atoms with Gasteiger partial charge in [-0.25, -0.2) is 4.79 Å². The van der Waals surface area contributed by atoms with Crippen molar-refractivity contribution in [3.8, 4) is 5.75 Å². The Hall–Kier alpha value is -2.98. The van der Waals surface area contributed by atoms with Crippen molar-refractivity contribution in [3.05, 3.63) is 65.2 Å². The highest BCUT2D eigenvalue weighted by Crippen LogP contribution is 2.36. The molecule has 0 spiro atoms. The van der Waals surface area contributed by atoms with Crippen LogP contribution in [0.2, 0.25) is 0 Å².